The highest BCUT2D eigenvalue weighted by Gasteiger charge is 2.35. The maximum Gasteiger partial charge on any atom is 0.315 e. The monoisotopic (exact) mass is 266 g/mol. The molecule has 2 amide bonds. The van der Waals surface area contributed by atoms with E-state index in [4.69, 9.17) is 0 Å². The zero-order valence-electron chi connectivity index (χ0n) is 11.8. The Bertz CT molecular complexity index is 343. The van der Waals surface area contributed by atoms with Crippen molar-refractivity contribution in [1.82, 2.24) is 10.6 Å². The molecule has 4 heteroatoms. The van der Waals surface area contributed by atoms with Crippen molar-refractivity contribution >= 4 is 6.03 Å². The SMILES string of the molecule is CC1(CNC(=O)NC2CC=CCC2)CCCCC1O. The number of rotatable bonds is 3. The molecule has 0 aromatic rings. The Balaban J connectivity index is 1.74. The number of hydrogen-bond acceptors (Lipinski definition) is 2. The number of allylic oxidation sites excluding steroid dienone is 1. The Morgan fingerprint density at radius 2 is 2.21 bits per heavy atom. The van der Waals surface area contributed by atoms with Gasteiger partial charge in [0.05, 0.1) is 6.10 Å². The first-order valence-electron chi connectivity index (χ1n) is 7.47. The van der Waals surface area contributed by atoms with Gasteiger partial charge in [-0.1, -0.05) is 31.9 Å². The minimum Gasteiger partial charge on any atom is -0.392 e. The molecule has 2 aliphatic rings. The van der Waals surface area contributed by atoms with Gasteiger partial charge in [-0.15, -0.1) is 0 Å². The molecule has 3 unspecified atom stereocenters. The van der Waals surface area contributed by atoms with E-state index in [9.17, 15) is 9.90 Å². The molecule has 4 nitrogen and oxygen atoms in total. The van der Waals surface area contributed by atoms with Gasteiger partial charge in [0.25, 0.3) is 0 Å². The first kappa shape index (κ1) is 14.4. The van der Waals surface area contributed by atoms with Crippen LogP contribution in [0.1, 0.15) is 51.9 Å². The Hall–Kier alpha value is -1.03. The van der Waals surface area contributed by atoms with Gasteiger partial charge in [0.15, 0.2) is 0 Å². The lowest BCUT2D eigenvalue weighted by Gasteiger charge is -2.38. The molecule has 0 saturated heterocycles. The molecule has 0 aliphatic heterocycles. The van der Waals surface area contributed by atoms with Gasteiger partial charge in [0.2, 0.25) is 0 Å². The van der Waals surface area contributed by atoms with Gasteiger partial charge in [0.1, 0.15) is 0 Å². The quantitative estimate of drug-likeness (QED) is 0.687. The molecule has 108 valence electrons. The molecule has 1 saturated carbocycles. The lowest BCUT2D eigenvalue weighted by atomic mass is 9.73. The van der Waals surface area contributed by atoms with E-state index in [1.807, 2.05) is 0 Å². The van der Waals surface area contributed by atoms with E-state index >= 15 is 0 Å². The molecule has 0 aromatic heterocycles. The summed E-state index contributed by atoms with van der Waals surface area (Å²) in [4.78, 5) is 11.9. The van der Waals surface area contributed by atoms with Crippen molar-refractivity contribution in [1.29, 1.82) is 0 Å². The summed E-state index contributed by atoms with van der Waals surface area (Å²) in [6, 6.07) is 0.161. The number of aliphatic hydroxyl groups excluding tert-OH is 1. The molecule has 19 heavy (non-hydrogen) atoms. The van der Waals surface area contributed by atoms with E-state index in [2.05, 4.69) is 29.7 Å². The third-order valence-electron chi connectivity index (χ3n) is 4.54. The average molecular weight is 266 g/mol. The van der Waals surface area contributed by atoms with Crippen LogP contribution in [0.15, 0.2) is 12.2 Å². The highest BCUT2D eigenvalue weighted by molar-refractivity contribution is 5.74. The lowest BCUT2D eigenvalue weighted by Crippen LogP contribution is -2.49. The molecule has 0 spiro atoms. The number of carbonyl (C=O) groups is 1. The third kappa shape index (κ3) is 3.96. The fraction of sp³-hybridized carbons (Fsp3) is 0.800. The van der Waals surface area contributed by atoms with Gasteiger partial charge in [0, 0.05) is 18.0 Å². The Morgan fingerprint density at radius 1 is 1.37 bits per heavy atom. The summed E-state index contributed by atoms with van der Waals surface area (Å²) >= 11 is 0. The van der Waals surface area contributed by atoms with Crippen LogP contribution in [0.2, 0.25) is 0 Å². The lowest BCUT2D eigenvalue weighted by molar-refractivity contribution is 0.00304. The predicted molar refractivity (Wildman–Crippen MR) is 75.9 cm³/mol. The fourth-order valence-electron chi connectivity index (χ4n) is 3.03. The zero-order valence-corrected chi connectivity index (χ0v) is 11.8. The molecule has 3 atom stereocenters. The average Bonchev–Trinajstić information content (AvgIpc) is 2.41. The van der Waals surface area contributed by atoms with Crippen LogP contribution >= 0.6 is 0 Å². The van der Waals surface area contributed by atoms with Crippen LogP contribution in [-0.4, -0.2) is 29.8 Å². The number of urea groups is 1. The van der Waals surface area contributed by atoms with E-state index in [0.29, 0.717) is 6.54 Å². The van der Waals surface area contributed by atoms with Crippen molar-refractivity contribution in [3.63, 3.8) is 0 Å². The molecule has 3 N–H and O–H groups in total. The number of nitrogens with one attached hydrogen (secondary N) is 2. The van der Waals surface area contributed by atoms with Crippen molar-refractivity contribution in [2.45, 2.75) is 64.0 Å². The summed E-state index contributed by atoms with van der Waals surface area (Å²) < 4.78 is 0. The number of hydrogen-bond donors (Lipinski definition) is 3. The normalized spacial score (nSPS) is 34.8. The number of amides is 2. The highest BCUT2D eigenvalue weighted by atomic mass is 16.3. The summed E-state index contributed by atoms with van der Waals surface area (Å²) in [5.41, 5.74) is -0.165. The van der Waals surface area contributed by atoms with Crippen LogP contribution < -0.4 is 10.6 Å². The maximum absolute atomic E-state index is 11.9. The second kappa shape index (κ2) is 6.42. The van der Waals surface area contributed by atoms with Crippen LogP contribution in [0.3, 0.4) is 0 Å². The van der Waals surface area contributed by atoms with Crippen LogP contribution in [0.25, 0.3) is 0 Å². The summed E-state index contributed by atoms with van der Waals surface area (Å²) in [5, 5.41) is 16.0. The first-order chi connectivity index (χ1) is 9.10. The smallest absolute Gasteiger partial charge is 0.315 e. The molecular formula is C15H26N2O2. The van der Waals surface area contributed by atoms with Crippen molar-refractivity contribution in [2.75, 3.05) is 6.54 Å². The Morgan fingerprint density at radius 3 is 2.89 bits per heavy atom. The molecule has 2 aliphatic carbocycles. The van der Waals surface area contributed by atoms with E-state index in [-0.39, 0.29) is 23.6 Å². The number of carbonyl (C=O) groups excluding carboxylic acids is 1. The summed E-state index contributed by atoms with van der Waals surface area (Å²) in [6.07, 6.45) is 11.1. The van der Waals surface area contributed by atoms with Gasteiger partial charge < -0.3 is 15.7 Å². The van der Waals surface area contributed by atoms with E-state index < -0.39 is 0 Å². The summed E-state index contributed by atoms with van der Waals surface area (Å²) in [7, 11) is 0. The molecule has 1 fully saturated rings. The minimum atomic E-state index is -0.292. The van der Waals surface area contributed by atoms with Crippen LogP contribution in [0, 0.1) is 5.41 Å². The molecule has 0 radical (unpaired) electrons. The van der Waals surface area contributed by atoms with E-state index in [1.165, 1.54) is 0 Å². The largest absolute Gasteiger partial charge is 0.392 e. The molecule has 0 aromatic carbocycles. The zero-order chi connectivity index (χ0) is 13.7. The topological polar surface area (TPSA) is 61.4 Å². The predicted octanol–water partition coefficient (Wildman–Crippen LogP) is 2.34. The van der Waals surface area contributed by atoms with Gasteiger partial charge in [-0.3, -0.25) is 0 Å². The molecule has 0 heterocycles. The summed E-state index contributed by atoms with van der Waals surface area (Å²) in [6.45, 7) is 2.63. The third-order valence-corrected chi connectivity index (χ3v) is 4.54. The molecule has 0 bridgehead atoms. The second-order valence-electron chi connectivity index (χ2n) is 6.22. The maximum atomic E-state index is 11.9. The van der Waals surface area contributed by atoms with Crippen LogP contribution in [0.5, 0.6) is 0 Å². The fourth-order valence-corrected chi connectivity index (χ4v) is 3.03. The van der Waals surface area contributed by atoms with Crippen molar-refractivity contribution in [3.05, 3.63) is 12.2 Å². The van der Waals surface area contributed by atoms with Gasteiger partial charge >= 0.3 is 6.03 Å². The van der Waals surface area contributed by atoms with Gasteiger partial charge in [-0.25, -0.2) is 4.79 Å². The molecular weight excluding hydrogens is 240 g/mol. The van der Waals surface area contributed by atoms with Gasteiger partial charge in [-0.2, -0.15) is 0 Å². The van der Waals surface area contributed by atoms with Crippen molar-refractivity contribution in [2.24, 2.45) is 5.41 Å². The number of aliphatic hydroxyl groups is 1. The van der Waals surface area contributed by atoms with Crippen molar-refractivity contribution in [3.8, 4) is 0 Å². The minimum absolute atomic E-state index is 0.0979. The summed E-state index contributed by atoms with van der Waals surface area (Å²) in [5.74, 6) is 0. The Labute approximate surface area is 115 Å². The van der Waals surface area contributed by atoms with E-state index in [1.54, 1.807) is 0 Å². The molecule has 2 rings (SSSR count). The van der Waals surface area contributed by atoms with E-state index in [0.717, 1.165) is 44.9 Å². The standard InChI is InChI=1S/C15H26N2O2/c1-15(10-6-5-9-13(15)18)11-16-14(19)17-12-7-3-2-4-8-12/h2-3,12-13,18H,4-11H2,1H3,(H2,16,17,19). The van der Waals surface area contributed by atoms with Crippen LogP contribution in [0.4, 0.5) is 4.79 Å². The van der Waals surface area contributed by atoms with Gasteiger partial charge in [-0.05, 0) is 32.1 Å². The first-order valence-corrected chi connectivity index (χ1v) is 7.47. The Kier molecular flexibility index (Phi) is 4.86. The van der Waals surface area contributed by atoms with Crippen LogP contribution in [-0.2, 0) is 0 Å². The second-order valence-corrected chi connectivity index (χ2v) is 6.22. The highest BCUT2D eigenvalue weighted by Crippen LogP contribution is 2.35. The van der Waals surface area contributed by atoms with Crippen molar-refractivity contribution < 1.29 is 9.90 Å².